The van der Waals surface area contributed by atoms with Crippen LogP contribution in [0.25, 0.3) is 0 Å². The Bertz CT molecular complexity index is 752. The molecule has 1 N–H and O–H groups in total. The van der Waals surface area contributed by atoms with Gasteiger partial charge in [-0.2, -0.15) is 10.4 Å². The number of carbonyl (C=O) groups excluding carboxylic acids is 1. The maximum Gasteiger partial charge on any atom is 0.246 e. The number of rotatable bonds is 3. The van der Waals surface area contributed by atoms with Crippen LogP contribution in [-0.2, 0) is 24.2 Å². The van der Waals surface area contributed by atoms with Gasteiger partial charge in [0.15, 0.2) is 0 Å². The van der Waals surface area contributed by atoms with E-state index in [-0.39, 0.29) is 12.5 Å². The van der Waals surface area contributed by atoms with Crippen LogP contribution in [0.3, 0.4) is 0 Å². The Morgan fingerprint density at radius 2 is 2.32 bits per heavy atom. The fourth-order valence-electron chi connectivity index (χ4n) is 2.66. The van der Waals surface area contributed by atoms with Crippen molar-refractivity contribution in [3.05, 3.63) is 32.9 Å². The zero-order chi connectivity index (χ0) is 15.7. The molecule has 114 valence electrons. The van der Waals surface area contributed by atoms with E-state index in [1.165, 1.54) is 20.9 Å². The van der Waals surface area contributed by atoms with Gasteiger partial charge in [-0.3, -0.25) is 9.48 Å². The molecule has 0 saturated heterocycles. The predicted molar refractivity (Wildman–Crippen MR) is 86.3 cm³/mol. The van der Waals surface area contributed by atoms with Gasteiger partial charge in [0, 0.05) is 11.1 Å². The number of thiophene rings is 1. The van der Waals surface area contributed by atoms with Crippen LogP contribution in [0, 0.1) is 18.3 Å². The number of hydrogen-bond acceptors (Lipinski definition) is 4. The smallest absolute Gasteiger partial charge is 0.246 e. The number of nitriles is 1. The highest BCUT2D eigenvalue weighted by Gasteiger charge is 2.21. The van der Waals surface area contributed by atoms with Crippen molar-refractivity contribution in [1.82, 2.24) is 9.78 Å². The van der Waals surface area contributed by atoms with E-state index in [4.69, 9.17) is 11.6 Å². The summed E-state index contributed by atoms with van der Waals surface area (Å²) >= 11 is 7.46. The number of nitrogens with zero attached hydrogens (tertiary/aromatic N) is 3. The van der Waals surface area contributed by atoms with Crippen LogP contribution in [0.15, 0.2) is 6.20 Å². The fraction of sp³-hybridized carbons (Fsp3) is 0.400. The van der Waals surface area contributed by atoms with Gasteiger partial charge in [0.2, 0.25) is 5.91 Å². The Balaban J connectivity index is 1.77. The monoisotopic (exact) mass is 334 g/mol. The zero-order valence-electron chi connectivity index (χ0n) is 12.1. The molecule has 0 fully saturated rings. The molecule has 0 radical (unpaired) electrons. The number of amides is 1. The molecule has 0 saturated carbocycles. The van der Waals surface area contributed by atoms with Gasteiger partial charge in [-0.25, -0.2) is 0 Å². The Labute approximate surface area is 137 Å². The molecule has 0 spiro atoms. The van der Waals surface area contributed by atoms with E-state index in [0.717, 1.165) is 31.2 Å². The molecule has 2 aromatic rings. The number of anilines is 1. The summed E-state index contributed by atoms with van der Waals surface area (Å²) in [6.45, 7) is 1.87. The number of fused-ring (bicyclic) bond motifs is 1. The first-order valence-electron chi connectivity index (χ1n) is 7.12. The fourth-order valence-corrected chi connectivity index (χ4v) is 4.07. The van der Waals surface area contributed by atoms with Gasteiger partial charge in [-0.05, 0) is 38.2 Å². The van der Waals surface area contributed by atoms with Crippen LogP contribution in [0.1, 0.15) is 34.5 Å². The van der Waals surface area contributed by atoms with E-state index < -0.39 is 0 Å². The highest BCUT2D eigenvalue weighted by Crippen LogP contribution is 2.37. The molecule has 0 bridgehead atoms. The molecule has 0 unspecified atom stereocenters. The van der Waals surface area contributed by atoms with Crippen LogP contribution < -0.4 is 5.32 Å². The lowest BCUT2D eigenvalue weighted by Gasteiger charge is -2.09. The minimum absolute atomic E-state index is 0.0843. The van der Waals surface area contributed by atoms with Gasteiger partial charge >= 0.3 is 0 Å². The molecule has 1 aliphatic rings. The maximum absolute atomic E-state index is 12.2. The van der Waals surface area contributed by atoms with Crippen molar-refractivity contribution in [2.75, 3.05) is 5.32 Å². The summed E-state index contributed by atoms with van der Waals surface area (Å²) in [7, 11) is 0. The van der Waals surface area contributed by atoms with E-state index in [1.54, 1.807) is 13.1 Å². The SMILES string of the molecule is Cc1nn(CC(=O)Nc2sc3c(c2C#N)CCCC3)cc1Cl. The molecule has 0 aliphatic heterocycles. The third kappa shape index (κ3) is 2.87. The first-order valence-corrected chi connectivity index (χ1v) is 8.32. The zero-order valence-corrected chi connectivity index (χ0v) is 13.7. The van der Waals surface area contributed by atoms with Gasteiger partial charge in [0.25, 0.3) is 0 Å². The highest BCUT2D eigenvalue weighted by atomic mass is 35.5. The summed E-state index contributed by atoms with van der Waals surface area (Å²) in [6.07, 6.45) is 5.81. The number of nitrogens with one attached hydrogen (secondary N) is 1. The maximum atomic E-state index is 12.2. The number of aromatic nitrogens is 2. The third-order valence-corrected chi connectivity index (χ3v) is 5.31. The first kappa shape index (κ1) is 15.1. The van der Waals surface area contributed by atoms with Crippen molar-refractivity contribution in [3.63, 3.8) is 0 Å². The molecule has 7 heteroatoms. The highest BCUT2D eigenvalue weighted by molar-refractivity contribution is 7.16. The Morgan fingerprint density at radius 1 is 1.55 bits per heavy atom. The van der Waals surface area contributed by atoms with Crippen LogP contribution in [-0.4, -0.2) is 15.7 Å². The minimum Gasteiger partial charge on any atom is -0.315 e. The van der Waals surface area contributed by atoms with Gasteiger partial charge < -0.3 is 5.32 Å². The second-order valence-electron chi connectivity index (χ2n) is 5.34. The second-order valence-corrected chi connectivity index (χ2v) is 6.85. The number of hydrogen-bond donors (Lipinski definition) is 1. The Kier molecular flexibility index (Phi) is 4.19. The Morgan fingerprint density at radius 3 is 3.00 bits per heavy atom. The second kappa shape index (κ2) is 6.11. The molecule has 1 amide bonds. The average molecular weight is 335 g/mol. The lowest BCUT2D eigenvalue weighted by molar-refractivity contribution is -0.116. The summed E-state index contributed by atoms with van der Waals surface area (Å²) in [5, 5.41) is 17.6. The van der Waals surface area contributed by atoms with Crippen LogP contribution in [0.4, 0.5) is 5.00 Å². The standard InChI is InChI=1S/C15H15ClN4OS/c1-9-12(16)7-20(19-9)8-14(21)18-15-11(6-17)10-4-2-3-5-13(10)22-15/h7H,2-5,8H2,1H3,(H,18,21). The van der Waals surface area contributed by atoms with E-state index in [0.29, 0.717) is 21.3 Å². The van der Waals surface area contributed by atoms with E-state index in [9.17, 15) is 10.1 Å². The Hall–Kier alpha value is -1.84. The van der Waals surface area contributed by atoms with Crippen molar-refractivity contribution < 1.29 is 4.79 Å². The summed E-state index contributed by atoms with van der Waals surface area (Å²) < 4.78 is 1.51. The van der Waals surface area contributed by atoms with E-state index >= 15 is 0 Å². The molecule has 22 heavy (non-hydrogen) atoms. The third-order valence-electron chi connectivity index (χ3n) is 3.73. The minimum atomic E-state index is -0.200. The van der Waals surface area contributed by atoms with Gasteiger partial charge in [0.05, 0.1) is 16.3 Å². The van der Waals surface area contributed by atoms with Crippen molar-refractivity contribution in [2.24, 2.45) is 0 Å². The topological polar surface area (TPSA) is 70.7 Å². The molecule has 1 aliphatic carbocycles. The largest absolute Gasteiger partial charge is 0.315 e. The lowest BCUT2D eigenvalue weighted by atomic mass is 9.96. The van der Waals surface area contributed by atoms with Crippen molar-refractivity contribution >= 4 is 33.8 Å². The summed E-state index contributed by atoms with van der Waals surface area (Å²) in [6, 6.07) is 2.24. The molecule has 2 heterocycles. The van der Waals surface area contributed by atoms with Crippen LogP contribution in [0.5, 0.6) is 0 Å². The molecular formula is C15H15ClN4OS. The summed E-state index contributed by atoms with van der Waals surface area (Å²) in [4.78, 5) is 13.4. The molecule has 3 rings (SSSR count). The predicted octanol–water partition coefficient (Wildman–Crippen LogP) is 3.30. The van der Waals surface area contributed by atoms with Crippen LogP contribution in [0.2, 0.25) is 5.02 Å². The summed E-state index contributed by atoms with van der Waals surface area (Å²) in [5.41, 5.74) is 2.44. The average Bonchev–Trinajstić information content (AvgIpc) is 2.98. The molecular weight excluding hydrogens is 320 g/mol. The number of carbonyl (C=O) groups is 1. The van der Waals surface area contributed by atoms with Crippen molar-refractivity contribution in [2.45, 2.75) is 39.2 Å². The number of aryl methyl sites for hydroxylation is 2. The van der Waals surface area contributed by atoms with E-state index in [2.05, 4.69) is 16.5 Å². The molecule has 0 atom stereocenters. The molecule has 2 aromatic heterocycles. The van der Waals surface area contributed by atoms with Gasteiger partial charge in [0.1, 0.15) is 17.6 Å². The molecule has 5 nitrogen and oxygen atoms in total. The normalized spacial score (nSPS) is 13.5. The molecule has 0 aromatic carbocycles. The van der Waals surface area contributed by atoms with Crippen LogP contribution >= 0.6 is 22.9 Å². The number of halogens is 1. The van der Waals surface area contributed by atoms with Gasteiger partial charge in [-0.15, -0.1) is 11.3 Å². The first-order chi connectivity index (χ1) is 10.6. The lowest BCUT2D eigenvalue weighted by Crippen LogP contribution is -2.19. The van der Waals surface area contributed by atoms with Crippen molar-refractivity contribution in [1.29, 1.82) is 5.26 Å². The quantitative estimate of drug-likeness (QED) is 0.936. The van der Waals surface area contributed by atoms with E-state index in [1.807, 2.05) is 0 Å². The van der Waals surface area contributed by atoms with Crippen molar-refractivity contribution in [3.8, 4) is 6.07 Å². The summed E-state index contributed by atoms with van der Waals surface area (Å²) in [5.74, 6) is -0.200. The van der Waals surface area contributed by atoms with Gasteiger partial charge in [-0.1, -0.05) is 11.6 Å².